The van der Waals surface area contributed by atoms with Crippen LogP contribution in [0.5, 0.6) is 0 Å². The van der Waals surface area contributed by atoms with E-state index in [1.165, 1.54) is 0 Å². The molecule has 0 saturated heterocycles. The molecule has 1 aliphatic carbocycles. The second-order valence-electron chi connectivity index (χ2n) is 5.16. The Bertz CT molecular complexity index is 544. The van der Waals surface area contributed by atoms with Gasteiger partial charge in [-0.05, 0) is 30.5 Å². The minimum atomic E-state index is -3.60. The molecule has 2 N–H and O–H groups in total. The van der Waals surface area contributed by atoms with Crippen LogP contribution >= 0.6 is 0 Å². The molecule has 112 valence electrons. The maximum atomic E-state index is 12.3. The molecule has 0 bridgehead atoms. The van der Waals surface area contributed by atoms with Gasteiger partial charge in [0.1, 0.15) is 0 Å². The maximum Gasteiger partial charge on any atom is 0.240 e. The van der Waals surface area contributed by atoms with Crippen molar-refractivity contribution in [2.24, 2.45) is 0 Å². The summed E-state index contributed by atoms with van der Waals surface area (Å²) >= 11 is 0. The van der Waals surface area contributed by atoms with Crippen LogP contribution in [0.2, 0.25) is 0 Å². The van der Waals surface area contributed by atoms with Gasteiger partial charge >= 0.3 is 0 Å². The lowest BCUT2D eigenvalue weighted by Gasteiger charge is -2.28. The standard InChI is InChI=1S/C14H21NO4S/c1-19-10-11-5-4-6-12(9-11)20(17,18)15-13-7-2-3-8-14(13)16/h4-6,9,13-16H,2-3,7-8,10H2,1H3/t13-,14-/m0/s1. The molecular formula is C14H21NO4S. The van der Waals surface area contributed by atoms with Crippen LogP contribution in [0, 0.1) is 0 Å². The number of rotatable bonds is 5. The van der Waals surface area contributed by atoms with Gasteiger partial charge in [-0.2, -0.15) is 0 Å². The van der Waals surface area contributed by atoms with Crippen molar-refractivity contribution in [1.29, 1.82) is 0 Å². The van der Waals surface area contributed by atoms with Gasteiger partial charge < -0.3 is 9.84 Å². The summed E-state index contributed by atoms with van der Waals surface area (Å²) in [6.07, 6.45) is 2.62. The van der Waals surface area contributed by atoms with Crippen LogP contribution < -0.4 is 4.72 Å². The van der Waals surface area contributed by atoms with Crippen LogP contribution in [0.4, 0.5) is 0 Å². The van der Waals surface area contributed by atoms with Gasteiger partial charge in [0, 0.05) is 13.2 Å². The third kappa shape index (κ3) is 3.79. The molecule has 1 aromatic rings. The highest BCUT2D eigenvalue weighted by atomic mass is 32.2. The van der Waals surface area contributed by atoms with Crippen molar-refractivity contribution in [2.45, 2.75) is 49.3 Å². The first-order valence-electron chi connectivity index (χ1n) is 6.81. The third-order valence-electron chi connectivity index (χ3n) is 3.56. The third-order valence-corrected chi connectivity index (χ3v) is 5.04. The lowest BCUT2D eigenvalue weighted by molar-refractivity contribution is 0.101. The highest BCUT2D eigenvalue weighted by molar-refractivity contribution is 7.89. The van der Waals surface area contributed by atoms with Crippen LogP contribution in [0.15, 0.2) is 29.2 Å². The quantitative estimate of drug-likeness (QED) is 0.862. The van der Waals surface area contributed by atoms with Crippen LogP contribution in [0.25, 0.3) is 0 Å². The zero-order valence-corrected chi connectivity index (χ0v) is 12.4. The molecule has 0 unspecified atom stereocenters. The zero-order valence-electron chi connectivity index (χ0n) is 11.6. The van der Waals surface area contributed by atoms with Gasteiger partial charge in [0.05, 0.1) is 17.6 Å². The normalized spacial score (nSPS) is 23.7. The topological polar surface area (TPSA) is 75.6 Å². The molecule has 0 spiro atoms. The fourth-order valence-corrected chi connectivity index (χ4v) is 3.86. The summed E-state index contributed by atoms with van der Waals surface area (Å²) in [4.78, 5) is 0.213. The Morgan fingerprint density at radius 1 is 1.35 bits per heavy atom. The van der Waals surface area contributed by atoms with Gasteiger partial charge in [0.2, 0.25) is 10.0 Å². The van der Waals surface area contributed by atoms with E-state index >= 15 is 0 Å². The molecule has 2 rings (SSSR count). The number of sulfonamides is 1. The van der Waals surface area contributed by atoms with E-state index in [1.807, 2.05) is 6.07 Å². The molecule has 0 aliphatic heterocycles. The molecule has 1 aromatic carbocycles. The molecule has 0 radical (unpaired) electrons. The van der Waals surface area contributed by atoms with E-state index in [1.54, 1.807) is 25.3 Å². The number of methoxy groups -OCH3 is 1. The van der Waals surface area contributed by atoms with Crippen LogP contribution in [-0.4, -0.2) is 32.8 Å². The minimum Gasteiger partial charge on any atom is -0.391 e. The molecule has 0 aromatic heterocycles. The van der Waals surface area contributed by atoms with Gasteiger partial charge in [-0.15, -0.1) is 0 Å². The average Bonchev–Trinajstić information content (AvgIpc) is 2.42. The summed E-state index contributed by atoms with van der Waals surface area (Å²) < 4.78 is 32.3. The maximum absolute atomic E-state index is 12.3. The summed E-state index contributed by atoms with van der Waals surface area (Å²) in [7, 11) is -2.03. The van der Waals surface area contributed by atoms with Crippen molar-refractivity contribution >= 4 is 10.0 Å². The number of nitrogens with one attached hydrogen (secondary N) is 1. The number of hydrogen-bond acceptors (Lipinski definition) is 4. The van der Waals surface area contributed by atoms with Crippen LogP contribution in [0.3, 0.4) is 0 Å². The SMILES string of the molecule is COCc1cccc(S(=O)(=O)N[C@H]2CCCC[C@@H]2O)c1. The first kappa shape index (κ1) is 15.4. The number of hydrogen-bond donors (Lipinski definition) is 2. The molecule has 1 fully saturated rings. The van der Waals surface area contributed by atoms with Crippen molar-refractivity contribution in [2.75, 3.05) is 7.11 Å². The predicted molar refractivity (Wildman–Crippen MR) is 75.7 cm³/mol. The Hall–Kier alpha value is -0.950. The van der Waals surface area contributed by atoms with E-state index in [0.29, 0.717) is 19.4 Å². The monoisotopic (exact) mass is 299 g/mol. The van der Waals surface area contributed by atoms with E-state index in [0.717, 1.165) is 18.4 Å². The number of ether oxygens (including phenoxy) is 1. The van der Waals surface area contributed by atoms with Gasteiger partial charge in [0.15, 0.2) is 0 Å². The van der Waals surface area contributed by atoms with Crippen molar-refractivity contribution < 1.29 is 18.3 Å². The second kappa shape index (κ2) is 6.67. The summed E-state index contributed by atoms with van der Waals surface area (Å²) in [5.74, 6) is 0. The fraction of sp³-hybridized carbons (Fsp3) is 0.571. The second-order valence-corrected chi connectivity index (χ2v) is 6.87. The van der Waals surface area contributed by atoms with E-state index in [4.69, 9.17) is 4.74 Å². The lowest BCUT2D eigenvalue weighted by atomic mass is 9.93. The smallest absolute Gasteiger partial charge is 0.240 e. The number of aliphatic hydroxyl groups is 1. The molecule has 6 heteroatoms. The van der Waals surface area contributed by atoms with Gasteiger partial charge in [-0.1, -0.05) is 25.0 Å². The largest absolute Gasteiger partial charge is 0.391 e. The number of benzene rings is 1. The Labute approximate surface area is 120 Å². The zero-order chi connectivity index (χ0) is 14.6. The molecule has 1 saturated carbocycles. The summed E-state index contributed by atoms with van der Waals surface area (Å²) in [6.45, 7) is 0.370. The van der Waals surface area contributed by atoms with Crippen molar-refractivity contribution in [3.63, 3.8) is 0 Å². The minimum absolute atomic E-state index is 0.213. The van der Waals surface area contributed by atoms with E-state index < -0.39 is 16.1 Å². The molecule has 0 heterocycles. The van der Waals surface area contributed by atoms with Crippen LogP contribution in [-0.2, 0) is 21.4 Å². The number of aliphatic hydroxyl groups excluding tert-OH is 1. The summed E-state index contributed by atoms with van der Waals surface area (Å²) in [5.41, 5.74) is 0.805. The molecule has 2 atom stereocenters. The van der Waals surface area contributed by atoms with E-state index in [9.17, 15) is 13.5 Å². The summed E-state index contributed by atoms with van der Waals surface area (Å²) in [5, 5.41) is 9.87. The van der Waals surface area contributed by atoms with Crippen molar-refractivity contribution in [1.82, 2.24) is 4.72 Å². The first-order valence-corrected chi connectivity index (χ1v) is 8.29. The van der Waals surface area contributed by atoms with Crippen molar-refractivity contribution in [3.05, 3.63) is 29.8 Å². The van der Waals surface area contributed by atoms with Gasteiger partial charge in [0.25, 0.3) is 0 Å². The average molecular weight is 299 g/mol. The highest BCUT2D eigenvalue weighted by Gasteiger charge is 2.28. The first-order chi connectivity index (χ1) is 9.53. The molecule has 5 nitrogen and oxygen atoms in total. The fourth-order valence-electron chi connectivity index (χ4n) is 2.49. The van der Waals surface area contributed by atoms with E-state index in [-0.39, 0.29) is 10.9 Å². The molecule has 0 amide bonds. The molecule has 20 heavy (non-hydrogen) atoms. The van der Waals surface area contributed by atoms with Gasteiger partial charge in [-0.25, -0.2) is 13.1 Å². The predicted octanol–water partition coefficient (Wildman–Crippen LogP) is 1.41. The Morgan fingerprint density at radius 2 is 2.10 bits per heavy atom. The van der Waals surface area contributed by atoms with Crippen molar-refractivity contribution in [3.8, 4) is 0 Å². The Morgan fingerprint density at radius 3 is 2.80 bits per heavy atom. The Kier molecular flexibility index (Phi) is 5.15. The molecular weight excluding hydrogens is 278 g/mol. The summed E-state index contributed by atoms with van der Waals surface area (Å²) in [6, 6.07) is 6.27. The van der Waals surface area contributed by atoms with Gasteiger partial charge in [-0.3, -0.25) is 0 Å². The van der Waals surface area contributed by atoms with E-state index in [2.05, 4.69) is 4.72 Å². The molecule has 1 aliphatic rings. The highest BCUT2D eigenvalue weighted by Crippen LogP contribution is 2.21. The lowest BCUT2D eigenvalue weighted by Crippen LogP contribution is -2.44. The van der Waals surface area contributed by atoms with Crippen LogP contribution in [0.1, 0.15) is 31.2 Å². The Balaban J connectivity index is 2.15.